The topological polar surface area (TPSA) is 139 Å². The number of imide groups is 2. The van der Waals surface area contributed by atoms with Crippen LogP contribution in [-0.4, -0.2) is 123 Å². The Morgan fingerprint density at radius 1 is 0.490 bits per heavy atom. The molecule has 2 heterocycles. The van der Waals surface area contributed by atoms with Gasteiger partial charge >= 0.3 is 17.6 Å². The monoisotopic (exact) mass is 748 g/mol. The third-order valence-electron chi connectivity index (χ3n) is 9.44. The van der Waals surface area contributed by atoms with Crippen molar-refractivity contribution in [3.63, 3.8) is 0 Å². The number of rotatable bonds is 18. The van der Waals surface area contributed by atoms with Gasteiger partial charge in [-0.25, -0.2) is 0 Å². The average molecular weight is 749 g/mol. The molecule has 0 saturated carbocycles. The largest absolute Gasteiger partial charge is 0.500 e. The quantitative estimate of drug-likeness (QED) is 0.164. The van der Waals surface area contributed by atoms with E-state index in [-0.39, 0.29) is 36.7 Å². The van der Waals surface area contributed by atoms with Crippen molar-refractivity contribution >= 4 is 68.2 Å². The van der Waals surface area contributed by atoms with E-state index < -0.39 is 34.2 Å². The fourth-order valence-corrected chi connectivity index (χ4v) is 17.9. The third-order valence-corrected chi connectivity index (χ3v) is 22.6. The maximum absolute atomic E-state index is 13.4. The van der Waals surface area contributed by atoms with Crippen LogP contribution in [-0.2, 0) is 30.7 Å². The van der Waals surface area contributed by atoms with Crippen molar-refractivity contribution in [1.82, 2.24) is 9.80 Å². The van der Waals surface area contributed by atoms with Gasteiger partial charge in [0.25, 0.3) is 23.6 Å². The summed E-state index contributed by atoms with van der Waals surface area (Å²) < 4.78 is 39.8. The summed E-state index contributed by atoms with van der Waals surface area (Å²) in [6.07, 6.45) is 0.959. The zero-order chi connectivity index (χ0) is 36.4. The van der Waals surface area contributed by atoms with Crippen LogP contribution < -0.4 is 10.4 Å². The van der Waals surface area contributed by atoms with E-state index in [1.807, 2.05) is 12.1 Å². The summed E-state index contributed by atoms with van der Waals surface area (Å²) >= 11 is 0. The summed E-state index contributed by atoms with van der Waals surface area (Å²) in [7, 11) is -1.80. The molecular weight excluding hydrogens is 701 g/mol. The normalized spacial score (nSPS) is 15.5. The molecule has 2 aromatic carbocycles. The molecule has 268 valence electrons. The predicted octanol–water partition coefficient (Wildman–Crippen LogP) is 2.96. The molecule has 0 bridgehead atoms. The fraction of sp³-hybridized carbons (Fsp3) is 0.500. The van der Waals surface area contributed by atoms with Gasteiger partial charge in [0.05, 0.1) is 22.3 Å². The van der Waals surface area contributed by atoms with E-state index in [9.17, 15) is 19.2 Å². The molecule has 0 fully saturated rings. The van der Waals surface area contributed by atoms with Gasteiger partial charge in [-0.1, -0.05) is 12.1 Å². The number of hydrogen-bond acceptors (Lipinski definition) is 11. The van der Waals surface area contributed by atoms with Crippen LogP contribution in [0.25, 0.3) is 0 Å². The molecule has 0 aromatic heterocycles. The molecule has 17 heteroatoms. The number of benzene rings is 2. The molecule has 4 rings (SSSR count). The van der Waals surface area contributed by atoms with Gasteiger partial charge in [-0.2, -0.15) is 0 Å². The first-order valence-electron chi connectivity index (χ1n) is 16.1. The molecule has 2 aliphatic heterocycles. The van der Waals surface area contributed by atoms with Gasteiger partial charge in [0.2, 0.25) is 16.6 Å². The highest BCUT2D eigenvalue weighted by Gasteiger charge is 2.44. The molecule has 0 aliphatic carbocycles. The molecule has 0 unspecified atom stereocenters. The Morgan fingerprint density at radius 2 is 0.796 bits per heavy atom. The SMILES string of the molecule is CO[Si](CCCN1C(=O)c2ccc([Si](C)(C)O[Si](C)(C)c3ccc4c(c3)C(=O)N(CCC[Si](OC)(OC)OC)C4=O)cc2C1=O)(OC)OC. The number of hydrogen-bond donors (Lipinski definition) is 0. The lowest BCUT2D eigenvalue weighted by Crippen LogP contribution is -2.57. The summed E-state index contributed by atoms with van der Waals surface area (Å²) in [5, 5.41) is 1.75. The van der Waals surface area contributed by atoms with E-state index in [0.29, 0.717) is 47.2 Å². The van der Waals surface area contributed by atoms with Crippen molar-refractivity contribution in [2.45, 2.75) is 51.1 Å². The van der Waals surface area contributed by atoms with Crippen molar-refractivity contribution in [2.24, 2.45) is 0 Å². The van der Waals surface area contributed by atoms with Crippen LogP contribution in [0, 0.1) is 0 Å². The Kier molecular flexibility index (Phi) is 12.2. The Hall–Kier alpha value is -2.69. The van der Waals surface area contributed by atoms with Crippen LogP contribution in [0.1, 0.15) is 54.3 Å². The van der Waals surface area contributed by atoms with Gasteiger partial charge in [-0.15, -0.1) is 0 Å². The second kappa shape index (κ2) is 15.3. The molecule has 0 saturated heterocycles. The number of carbonyl (C=O) groups is 4. The fourth-order valence-electron chi connectivity index (χ4n) is 6.51. The first-order chi connectivity index (χ1) is 23.1. The van der Waals surface area contributed by atoms with Crippen LogP contribution in [0.2, 0.25) is 38.3 Å². The second-order valence-electron chi connectivity index (χ2n) is 13.0. The molecular formula is C32H48N2O11Si4. The summed E-state index contributed by atoms with van der Waals surface area (Å²) in [5.41, 5.74) is 1.47. The van der Waals surface area contributed by atoms with Crippen molar-refractivity contribution in [3.05, 3.63) is 58.7 Å². The van der Waals surface area contributed by atoms with Gasteiger partial charge in [0, 0.05) is 67.8 Å². The van der Waals surface area contributed by atoms with Gasteiger partial charge in [0.15, 0.2) is 0 Å². The van der Waals surface area contributed by atoms with E-state index in [4.69, 9.17) is 30.7 Å². The van der Waals surface area contributed by atoms with Crippen LogP contribution in [0.3, 0.4) is 0 Å². The molecule has 4 amide bonds. The Labute approximate surface area is 292 Å². The summed E-state index contributed by atoms with van der Waals surface area (Å²) in [4.78, 5) is 55.8. The van der Waals surface area contributed by atoms with E-state index in [0.717, 1.165) is 10.4 Å². The van der Waals surface area contributed by atoms with E-state index in [1.54, 1.807) is 24.3 Å². The van der Waals surface area contributed by atoms with Crippen LogP contribution in [0.5, 0.6) is 0 Å². The molecule has 13 nitrogen and oxygen atoms in total. The minimum absolute atomic E-state index is 0.219. The molecule has 2 aromatic rings. The molecule has 0 atom stereocenters. The van der Waals surface area contributed by atoms with Crippen molar-refractivity contribution in [3.8, 4) is 0 Å². The van der Waals surface area contributed by atoms with Crippen molar-refractivity contribution in [2.75, 3.05) is 55.7 Å². The van der Waals surface area contributed by atoms with Gasteiger partial charge in [0.1, 0.15) is 0 Å². The minimum atomic E-state index is -2.84. The highest BCUT2D eigenvalue weighted by molar-refractivity contribution is 6.97. The lowest BCUT2D eigenvalue weighted by atomic mass is 10.1. The number of carbonyl (C=O) groups excluding carboxylic acids is 4. The summed E-state index contributed by atoms with van der Waals surface area (Å²) in [5.74, 6) is -1.34. The first kappa shape index (κ1) is 39.1. The highest BCUT2D eigenvalue weighted by Crippen LogP contribution is 2.28. The molecule has 0 spiro atoms. The second-order valence-corrected chi connectivity index (χ2v) is 27.2. The zero-order valence-electron chi connectivity index (χ0n) is 30.1. The summed E-state index contributed by atoms with van der Waals surface area (Å²) in [6.45, 7) is 8.66. The van der Waals surface area contributed by atoms with E-state index >= 15 is 0 Å². The third kappa shape index (κ3) is 7.66. The lowest BCUT2D eigenvalue weighted by molar-refractivity contribution is 0.0634. The highest BCUT2D eigenvalue weighted by atomic mass is 28.4. The molecule has 49 heavy (non-hydrogen) atoms. The Balaban J connectivity index is 1.47. The van der Waals surface area contributed by atoms with Crippen LogP contribution in [0.15, 0.2) is 36.4 Å². The number of fused-ring (bicyclic) bond motifs is 2. The standard InChI is InChI=1S/C32H48N2O11Si4/c1-39-48(40-2,41-3)19-11-17-33-29(35)25-15-13-23(21-27(25)31(33)37)46(7,8)45-47(9,10)24-14-16-26-28(22-24)32(38)34(30(26)36)18-12-20-49(42-4,43-5)44-6/h13-16,21-22H,11-12,17-20H2,1-10H3. The molecule has 0 radical (unpaired) electrons. The van der Waals surface area contributed by atoms with Gasteiger partial charge < -0.3 is 30.7 Å². The number of nitrogens with zero attached hydrogens (tertiary/aromatic N) is 2. The molecule has 2 aliphatic rings. The lowest BCUT2D eigenvalue weighted by Gasteiger charge is -2.35. The maximum atomic E-state index is 13.4. The Morgan fingerprint density at radius 3 is 1.10 bits per heavy atom. The first-order valence-corrected chi connectivity index (χ1v) is 25.8. The Bertz CT molecular complexity index is 1460. The smallest absolute Gasteiger partial charge is 0.449 e. The number of amides is 4. The van der Waals surface area contributed by atoms with Crippen molar-refractivity contribution < 1.29 is 49.8 Å². The average Bonchev–Trinajstić information content (AvgIpc) is 3.48. The van der Waals surface area contributed by atoms with Crippen molar-refractivity contribution in [1.29, 1.82) is 0 Å². The van der Waals surface area contributed by atoms with Crippen LogP contribution >= 0.6 is 0 Å². The van der Waals surface area contributed by atoms with Gasteiger partial charge in [-0.3, -0.25) is 29.0 Å². The minimum Gasteiger partial charge on any atom is -0.449 e. The molecule has 0 N–H and O–H groups in total. The van der Waals surface area contributed by atoms with E-state index in [2.05, 4.69) is 26.2 Å². The predicted molar refractivity (Wildman–Crippen MR) is 191 cm³/mol. The van der Waals surface area contributed by atoms with Crippen LogP contribution in [0.4, 0.5) is 0 Å². The summed E-state index contributed by atoms with van der Waals surface area (Å²) in [6, 6.07) is 11.7. The van der Waals surface area contributed by atoms with Gasteiger partial charge in [-0.05, 0) is 73.7 Å². The maximum Gasteiger partial charge on any atom is 0.500 e. The van der Waals surface area contributed by atoms with E-state index in [1.165, 1.54) is 52.5 Å². The zero-order valence-corrected chi connectivity index (χ0v) is 34.1.